The third-order valence-electron chi connectivity index (χ3n) is 3.04. The maximum absolute atomic E-state index is 4.63. The maximum atomic E-state index is 4.63. The van der Waals surface area contributed by atoms with Crippen molar-refractivity contribution in [3.05, 3.63) is 53.6 Å². The van der Waals surface area contributed by atoms with Gasteiger partial charge in [0.05, 0.1) is 11.0 Å². The molecule has 2 nitrogen and oxygen atoms in total. The summed E-state index contributed by atoms with van der Waals surface area (Å²) in [5, 5.41) is 0. The highest BCUT2D eigenvalue weighted by Gasteiger charge is 2.07. The Balaban J connectivity index is 2.23. The number of aromatic amines is 1. The van der Waals surface area contributed by atoms with E-state index in [2.05, 4.69) is 48.1 Å². The number of para-hydroxylation sites is 2. The molecule has 0 saturated carbocycles. The van der Waals surface area contributed by atoms with E-state index in [9.17, 15) is 0 Å². The molecular weight excluding hydrogens is 208 g/mol. The predicted octanol–water partition coefficient (Wildman–Crippen LogP) is 3.85. The normalized spacial score (nSPS) is 10.9. The Labute approximate surface area is 100 Å². The van der Waals surface area contributed by atoms with Gasteiger partial charge in [0.15, 0.2) is 0 Å². The highest BCUT2D eigenvalue weighted by Crippen LogP contribution is 2.24. The molecule has 0 spiro atoms. The fourth-order valence-electron chi connectivity index (χ4n) is 2.07. The summed E-state index contributed by atoms with van der Waals surface area (Å²) in [6.45, 7) is 4.22. The van der Waals surface area contributed by atoms with E-state index in [-0.39, 0.29) is 0 Å². The summed E-state index contributed by atoms with van der Waals surface area (Å²) >= 11 is 0. The van der Waals surface area contributed by atoms with E-state index in [4.69, 9.17) is 0 Å². The Hall–Kier alpha value is -2.09. The van der Waals surface area contributed by atoms with Crippen LogP contribution >= 0.6 is 0 Å². The Morgan fingerprint density at radius 2 is 1.82 bits per heavy atom. The summed E-state index contributed by atoms with van der Waals surface area (Å²) in [4.78, 5) is 8.00. The first-order valence-electron chi connectivity index (χ1n) is 5.76. The Morgan fingerprint density at radius 1 is 1.00 bits per heavy atom. The summed E-state index contributed by atoms with van der Waals surface area (Å²) < 4.78 is 0. The minimum absolute atomic E-state index is 0.951. The van der Waals surface area contributed by atoms with Gasteiger partial charge < -0.3 is 4.98 Å². The Morgan fingerprint density at radius 3 is 2.65 bits per heavy atom. The molecule has 0 amide bonds. The standard InChI is InChI=1S/C15H14N2/c1-10-7-8-11(2)12(9-10)15-16-13-5-3-4-6-14(13)17-15/h3-9H,1-2H3,(H,16,17). The van der Waals surface area contributed by atoms with E-state index in [1.54, 1.807) is 0 Å². The van der Waals surface area contributed by atoms with Crippen molar-refractivity contribution in [3.63, 3.8) is 0 Å². The molecule has 2 aromatic carbocycles. The van der Waals surface area contributed by atoms with Crippen LogP contribution in [0.3, 0.4) is 0 Å². The van der Waals surface area contributed by atoms with Crippen LogP contribution in [-0.2, 0) is 0 Å². The number of imidazole rings is 1. The van der Waals surface area contributed by atoms with Gasteiger partial charge in [-0.2, -0.15) is 0 Å². The molecule has 0 aliphatic rings. The molecule has 17 heavy (non-hydrogen) atoms. The third-order valence-corrected chi connectivity index (χ3v) is 3.04. The van der Waals surface area contributed by atoms with Gasteiger partial charge in [-0.15, -0.1) is 0 Å². The zero-order chi connectivity index (χ0) is 11.8. The van der Waals surface area contributed by atoms with E-state index in [1.165, 1.54) is 16.7 Å². The lowest BCUT2D eigenvalue weighted by molar-refractivity contribution is 1.29. The molecule has 84 valence electrons. The number of nitrogens with zero attached hydrogens (tertiary/aromatic N) is 1. The quantitative estimate of drug-likeness (QED) is 0.665. The first kappa shape index (κ1) is 10.1. The van der Waals surface area contributed by atoms with Gasteiger partial charge in [0.1, 0.15) is 5.82 Å². The molecule has 1 heterocycles. The van der Waals surface area contributed by atoms with Crippen LogP contribution in [0, 0.1) is 13.8 Å². The molecule has 0 aliphatic carbocycles. The summed E-state index contributed by atoms with van der Waals surface area (Å²) in [7, 11) is 0. The summed E-state index contributed by atoms with van der Waals surface area (Å²) in [6, 6.07) is 14.5. The van der Waals surface area contributed by atoms with Crippen molar-refractivity contribution < 1.29 is 0 Å². The van der Waals surface area contributed by atoms with Gasteiger partial charge in [0, 0.05) is 5.56 Å². The topological polar surface area (TPSA) is 28.7 Å². The minimum Gasteiger partial charge on any atom is -0.338 e. The second kappa shape index (κ2) is 3.74. The molecule has 0 aliphatic heterocycles. The SMILES string of the molecule is Cc1ccc(C)c(-c2nc3ccccc3[nH]2)c1. The van der Waals surface area contributed by atoms with Crippen molar-refractivity contribution in [1.82, 2.24) is 9.97 Å². The number of aryl methyl sites for hydroxylation is 2. The van der Waals surface area contributed by atoms with Gasteiger partial charge in [0.2, 0.25) is 0 Å². The molecule has 0 unspecified atom stereocenters. The molecule has 2 heteroatoms. The first-order chi connectivity index (χ1) is 8.24. The van der Waals surface area contributed by atoms with Crippen molar-refractivity contribution in [2.45, 2.75) is 13.8 Å². The van der Waals surface area contributed by atoms with Crippen molar-refractivity contribution in [3.8, 4) is 11.4 Å². The molecule has 0 saturated heterocycles. The highest BCUT2D eigenvalue weighted by atomic mass is 14.9. The fourth-order valence-corrected chi connectivity index (χ4v) is 2.07. The zero-order valence-electron chi connectivity index (χ0n) is 9.99. The molecule has 1 aromatic heterocycles. The van der Waals surface area contributed by atoms with E-state index in [0.29, 0.717) is 0 Å². The number of rotatable bonds is 1. The molecular formula is C15H14N2. The zero-order valence-corrected chi connectivity index (χ0v) is 9.99. The third kappa shape index (κ3) is 1.72. The second-order valence-electron chi connectivity index (χ2n) is 4.42. The second-order valence-corrected chi connectivity index (χ2v) is 4.42. The van der Waals surface area contributed by atoms with Crippen LogP contribution < -0.4 is 0 Å². The number of benzene rings is 2. The number of aromatic nitrogens is 2. The molecule has 0 fully saturated rings. The Kier molecular flexibility index (Phi) is 2.22. The van der Waals surface area contributed by atoms with Crippen molar-refractivity contribution in [1.29, 1.82) is 0 Å². The average Bonchev–Trinajstić information content (AvgIpc) is 2.75. The molecule has 3 rings (SSSR count). The van der Waals surface area contributed by atoms with E-state index >= 15 is 0 Å². The predicted molar refractivity (Wildman–Crippen MR) is 71.0 cm³/mol. The van der Waals surface area contributed by atoms with Gasteiger partial charge in [-0.3, -0.25) is 0 Å². The van der Waals surface area contributed by atoms with Crippen LogP contribution in [0.5, 0.6) is 0 Å². The van der Waals surface area contributed by atoms with Gasteiger partial charge in [0.25, 0.3) is 0 Å². The number of nitrogens with one attached hydrogen (secondary N) is 1. The van der Waals surface area contributed by atoms with Crippen LogP contribution in [0.25, 0.3) is 22.4 Å². The van der Waals surface area contributed by atoms with Gasteiger partial charge in [-0.05, 0) is 37.6 Å². The Bertz CT molecular complexity index is 647. The maximum Gasteiger partial charge on any atom is 0.138 e. The smallest absolute Gasteiger partial charge is 0.138 e. The van der Waals surface area contributed by atoms with Crippen LogP contribution in [0.4, 0.5) is 0 Å². The number of hydrogen-bond acceptors (Lipinski definition) is 1. The van der Waals surface area contributed by atoms with E-state index in [0.717, 1.165) is 16.9 Å². The molecule has 0 atom stereocenters. The van der Waals surface area contributed by atoms with Crippen LogP contribution in [0.1, 0.15) is 11.1 Å². The molecule has 0 radical (unpaired) electrons. The summed E-state index contributed by atoms with van der Waals surface area (Å²) in [5.74, 6) is 0.951. The largest absolute Gasteiger partial charge is 0.338 e. The minimum atomic E-state index is 0.951. The summed E-state index contributed by atoms with van der Waals surface area (Å²) in [5.41, 5.74) is 5.79. The van der Waals surface area contributed by atoms with E-state index < -0.39 is 0 Å². The molecule has 0 bridgehead atoms. The monoisotopic (exact) mass is 222 g/mol. The van der Waals surface area contributed by atoms with Gasteiger partial charge in [-0.1, -0.05) is 29.8 Å². The van der Waals surface area contributed by atoms with Crippen LogP contribution in [0.15, 0.2) is 42.5 Å². The number of fused-ring (bicyclic) bond motifs is 1. The average molecular weight is 222 g/mol. The molecule has 3 aromatic rings. The van der Waals surface area contributed by atoms with Gasteiger partial charge >= 0.3 is 0 Å². The summed E-state index contributed by atoms with van der Waals surface area (Å²) in [6.07, 6.45) is 0. The van der Waals surface area contributed by atoms with E-state index in [1.807, 2.05) is 18.2 Å². The number of hydrogen-bond donors (Lipinski definition) is 1. The highest BCUT2D eigenvalue weighted by molar-refractivity contribution is 5.79. The van der Waals surface area contributed by atoms with Crippen molar-refractivity contribution >= 4 is 11.0 Å². The lowest BCUT2D eigenvalue weighted by Crippen LogP contribution is -1.86. The lowest BCUT2D eigenvalue weighted by Gasteiger charge is -2.03. The number of H-pyrrole nitrogens is 1. The fraction of sp³-hybridized carbons (Fsp3) is 0.133. The molecule has 1 N–H and O–H groups in total. The van der Waals surface area contributed by atoms with Crippen molar-refractivity contribution in [2.75, 3.05) is 0 Å². The van der Waals surface area contributed by atoms with Crippen molar-refractivity contribution in [2.24, 2.45) is 0 Å². The lowest BCUT2D eigenvalue weighted by atomic mass is 10.1. The first-order valence-corrected chi connectivity index (χ1v) is 5.76. The van der Waals surface area contributed by atoms with Gasteiger partial charge in [-0.25, -0.2) is 4.98 Å². The van der Waals surface area contributed by atoms with Crippen LogP contribution in [0.2, 0.25) is 0 Å². The van der Waals surface area contributed by atoms with Crippen LogP contribution in [-0.4, -0.2) is 9.97 Å².